The molecule has 0 radical (unpaired) electrons. The molecule has 27 heavy (non-hydrogen) atoms. The molecule has 3 rings (SSSR count). The van der Waals surface area contributed by atoms with Crippen molar-refractivity contribution in [3.63, 3.8) is 0 Å². The molecule has 1 N–H and O–H groups in total. The maximum Gasteiger partial charge on any atom is 0.282 e. The molecule has 1 aliphatic rings. The van der Waals surface area contributed by atoms with E-state index in [1.165, 1.54) is 0 Å². The van der Waals surface area contributed by atoms with Gasteiger partial charge < -0.3 is 10.0 Å². The second-order valence-corrected chi connectivity index (χ2v) is 6.99. The van der Waals surface area contributed by atoms with E-state index in [2.05, 4.69) is 0 Å². The number of carbonyl (C=O) groups is 2. The lowest BCUT2D eigenvalue weighted by atomic mass is 9.97. The van der Waals surface area contributed by atoms with Gasteiger partial charge in [0.15, 0.2) is 0 Å². The van der Waals surface area contributed by atoms with Crippen LogP contribution in [0.4, 0.5) is 5.69 Å². The summed E-state index contributed by atoms with van der Waals surface area (Å²) in [5.74, 6) is -0.862. The van der Waals surface area contributed by atoms with E-state index in [0.717, 1.165) is 16.0 Å². The van der Waals surface area contributed by atoms with Gasteiger partial charge in [-0.1, -0.05) is 47.5 Å². The maximum atomic E-state index is 13.3. The summed E-state index contributed by atoms with van der Waals surface area (Å²) in [5.41, 5.74) is 3.62. The molecular formula is C21H21ClN2O3. The number of amides is 2. The van der Waals surface area contributed by atoms with Crippen LogP contribution < -0.4 is 4.90 Å². The molecule has 1 aliphatic heterocycles. The van der Waals surface area contributed by atoms with E-state index in [0.29, 0.717) is 21.8 Å². The zero-order chi connectivity index (χ0) is 19.7. The van der Waals surface area contributed by atoms with E-state index < -0.39 is 11.8 Å². The SMILES string of the molecule is Cc1ccc(C2=C(N(C)CCO)C(=O)N(c3ccccc3Cl)C2=O)c(C)c1. The quantitative estimate of drug-likeness (QED) is 0.804. The molecule has 0 bridgehead atoms. The van der Waals surface area contributed by atoms with Crippen molar-refractivity contribution < 1.29 is 14.7 Å². The van der Waals surface area contributed by atoms with Gasteiger partial charge in [-0.05, 0) is 37.1 Å². The summed E-state index contributed by atoms with van der Waals surface area (Å²) in [6.45, 7) is 3.99. The van der Waals surface area contributed by atoms with E-state index in [-0.39, 0.29) is 18.8 Å². The van der Waals surface area contributed by atoms with E-state index >= 15 is 0 Å². The lowest BCUT2D eigenvalue weighted by Gasteiger charge is -2.21. The van der Waals surface area contributed by atoms with Crippen molar-refractivity contribution in [1.29, 1.82) is 0 Å². The average molecular weight is 385 g/mol. The molecule has 2 aromatic rings. The van der Waals surface area contributed by atoms with Crippen molar-refractivity contribution in [2.75, 3.05) is 25.1 Å². The van der Waals surface area contributed by atoms with Crippen LogP contribution in [-0.4, -0.2) is 42.0 Å². The minimum Gasteiger partial charge on any atom is -0.395 e. The van der Waals surface area contributed by atoms with Gasteiger partial charge in [0.2, 0.25) is 0 Å². The Morgan fingerprint density at radius 3 is 2.41 bits per heavy atom. The Balaban J connectivity index is 2.20. The van der Waals surface area contributed by atoms with Crippen LogP contribution in [0.15, 0.2) is 48.2 Å². The molecule has 2 aromatic carbocycles. The van der Waals surface area contributed by atoms with E-state index in [9.17, 15) is 14.7 Å². The molecule has 6 heteroatoms. The number of hydrogen-bond acceptors (Lipinski definition) is 4. The Hall–Kier alpha value is -2.63. The van der Waals surface area contributed by atoms with Crippen molar-refractivity contribution in [2.45, 2.75) is 13.8 Å². The first-order chi connectivity index (χ1) is 12.9. The number of hydrogen-bond donors (Lipinski definition) is 1. The summed E-state index contributed by atoms with van der Waals surface area (Å²) >= 11 is 6.25. The minimum atomic E-state index is -0.445. The van der Waals surface area contributed by atoms with Crippen molar-refractivity contribution >= 4 is 34.7 Å². The molecule has 0 unspecified atom stereocenters. The topological polar surface area (TPSA) is 60.9 Å². The van der Waals surface area contributed by atoms with Crippen molar-refractivity contribution in [3.8, 4) is 0 Å². The van der Waals surface area contributed by atoms with Crippen molar-refractivity contribution in [3.05, 3.63) is 69.9 Å². The van der Waals surface area contributed by atoms with Gasteiger partial charge in [-0.2, -0.15) is 0 Å². The Labute approximate surface area is 163 Å². The Kier molecular flexibility index (Phi) is 5.35. The first-order valence-electron chi connectivity index (χ1n) is 8.64. The number of benzene rings is 2. The van der Waals surface area contributed by atoms with Crippen LogP contribution in [0.5, 0.6) is 0 Å². The molecule has 0 spiro atoms. The minimum absolute atomic E-state index is 0.131. The predicted octanol–water partition coefficient (Wildman–Crippen LogP) is 3.17. The van der Waals surface area contributed by atoms with E-state index in [1.54, 1.807) is 36.2 Å². The highest BCUT2D eigenvalue weighted by Crippen LogP contribution is 2.38. The van der Waals surface area contributed by atoms with Crippen LogP contribution in [0.2, 0.25) is 5.02 Å². The fourth-order valence-corrected chi connectivity index (χ4v) is 3.54. The molecule has 0 fully saturated rings. The molecule has 0 aliphatic carbocycles. The molecule has 0 atom stereocenters. The number of nitrogens with zero attached hydrogens (tertiary/aromatic N) is 2. The summed E-state index contributed by atoms with van der Waals surface area (Å²) in [6, 6.07) is 12.5. The number of para-hydroxylation sites is 1. The second kappa shape index (κ2) is 7.55. The predicted molar refractivity (Wildman–Crippen MR) is 106 cm³/mol. The maximum absolute atomic E-state index is 13.3. The number of aryl methyl sites for hydroxylation is 2. The standard InChI is InChI=1S/C21H21ClN2O3/c1-13-8-9-15(14(2)12-13)18-19(23(3)10-11-25)21(27)24(20(18)26)17-7-5-4-6-16(17)22/h4-9,12,25H,10-11H2,1-3H3. The molecule has 5 nitrogen and oxygen atoms in total. The lowest BCUT2D eigenvalue weighted by molar-refractivity contribution is -0.120. The number of anilines is 1. The summed E-state index contributed by atoms with van der Waals surface area (Å²) in [6.07, 6.45) is 0. The van der Waals surface area contributed by atoms with Crippen LogP contribution in [0.3, 0.4) is 0 Å². The highest BCUT2D eigenvalue weighted by molar-refractivity contribution is 6.47. The van der Waals surface area contributed by atoms with Gasteiger partial charge in [0, 0.05) is 13.6 Å². The number of carbonyl (C=O) groups excluding carboxylic acids is 2. The fraction of sp³-hybridized carbons (Fsp3) is 0.238. The first-order valence-corrected chi connectivity index (χ1v) is 9.01. The third-order valence-electron chi connectivity index (χ3n) is 4.62. The Morgan fingerprint density at radius 2 is 1.78 bits per heavy atom. The molecular weight excluding hydrogens is 364 g/mol. The molecule has 140 valence electrons. The summed E-state index contributed by atoms with van der Waals surface area (Å²) in [5, 5.41) is 9.65. The van der Waals surface area contributed by atoms with Crippen LogP contribution in [0.25, 0.3) is 5.57 Å². The summed E-state index contributed by atoms with van der Waals surface area (Å²) in [7, 11) is 1.69. The average Bonchev–Trinajstić information content (AvgIpc) is 2.86. The van der Waals surface area contributed by atoms with Crippen LogP contribution in [-0.2, 0) is 9.59 Å². The zero-order valence-electron chi connectivity index (χ0n) is 15.5. The van der Waals surface area contributed by atoms with Gasteiger partial charge in [-0.3, -0.25) is 9.59 Å². The summed E-state index contributed by atoms with van der Waals surface area (Å²) in [4.78, 5) is 29.3. The van der Waals surface area contributed by atoms with E-state index in [1.807, 2.05) is 32.0 Å². The van der Waals surface area contributed by atoms with Crippen LogP contribution in [0.1, 0.15) is 16.7 Å². The molecule has 1 heterocycles. The van der Waals surface area contributed by atoms with Crippen molar-refractivity contribution in [2.24, 2.45) is 0 Å². The first kappa shape index (κ1) is 19.1. The highest BCUT2D eigenvalue weighted by Gasteiger charge is 2.42. The largest absolute Gasteiger partial charge is 0.395 e. The van der Waals surface area contributed by atoms with Gasteiger partial charge in [0.25, 0.3) is 11.8 Å². The highest BCUT2D eigenvalue weighted by atomic mass is 35.5. The number of rotatable bonds is 5. The Morgan fingerprint density at radius 1 is 1.07 bits per heavy atom. The molecule has 0 saturated heterocycles. The fourth-order valence-electron chi connectivity index (χ4n) is 3.32. The molecule has 0 saturated carbocycles. The van der Waals surface area contributed by atoms with Gasteiger partial charge in [-0.15, -0.1) is 0 Å². The molecule has 2 amide bonds. The normalized spacial score (nSPS) is 14.3. The number of halogens is 1. The third kappa shape index (κ3) is 3.36. The monoisotopic (exact) mass is 384 g/mol. The Bertz CT molecular complexity index is 952. The molecule has 0 aromatic heterocycles. The summed E-state index contributed by atoms with van der Waals surface area (Å²) < 4.78 is 0. The van der Waals surface area contributed by atoms with Crippen LogP contribution >= 0.6 is 11.6 Å². The van der Waals surface area contributed by atoms with Gasteiger partial charge in [-0.25, -0.2) is 4.90 Å². The van der Waals surface area contributed by atoms with Gasteiger partial charge >= 0.3 is 0 Å². The number of imide groups is 1. The number of likely N-dealkylation sites (N-methyl/N-ethyl adjacent to an activating group) is 1. The number of aliphatic hydroxyl groups is 1. The van der Waals surface area contributed by atoms with Gasteiger partial charge in [0.05, 0.1) is 22.9 Å². The third-order valence-corrected chi connectivity index (χ3v) is 4.94. The van der Waals surface area contributed by atoms with Gasteiger partial charge in [0.1, 0.15) is 5.70 Å². The lowest BCUT2D eigenvalue weighted by Crippen LogP contribution is -2.35. The second-order valence-electron chi connectivity index (χ2n) is 6.58. The van der Waals surface area contributed by atoms with E-state index in [4.69, 9.17) is 11.6 Å². The smallest absolute Gasteiger partial charge is 0.282 e. The zero-order valence-corrected chi connectivity index (χ0v) is 16.2. The van der Waals surface area contributed by atoms with Crippen LogP contribution in [0, 0.1) is 13.8 Å². The number of aliphatic hydroxyl groups excluding tert-OH is 1. The van der Waals surface area contributed by atoms with Crippen molar-refractivity contribution in [1.82, 2.24) is 4.90 Å².